The van der Waals surface area contributed by atoms with Crippen LogP contribution in [-0.2, 0) is 14.8 Å². The molecule has 0 fully saturated rings. The van der Waals surface area contributed by atoms with Crippen LogP contribution in [0.3, 0.4) is 0 Å². The SMILES string of the molecule is CCCC(N)C(=O)Nc1ccc(NS(=O)(=O)CCC)cc1. The summed E-state index contributed by atoms with van der Waals surface area (Å²) >= 11 is 0. The average molecular weight is 313 g/mol. The number of hydrogen-bond donors (Lipinski definition) is 3. The maximum atomic E-state index is 11.8. The molecule has 0 aliphatic rings. The summed E-state index contributed by atoms with van der Waals surface area (Å²) in [6, 6.07) is 5.96. The lowest BCUT2D eigenvalue weighted by Crippen LogP contribution is -2.35. The molecule has 1 atom stereocenters. The van der Waals surface area contributed by atoms with E-state index in [1.54, 1.807) is 31.2 Å². The van der Waals surface area contributed by atoms with Crippen LogP contribution in [0.1, 0.15) is 33.1 Å². The molecule has 0 aliphatic carbocycles. The first-order valence-electron chi connectivity index (χ1n) is 7.05. The van der Waals surface area contributed by atoms with Gasteiger partial charge in [0.25, 0.3) is 0 Å². The van der Waals surface area contributed by atoms with Gasteiger partial charge >= 0.3 is 0 Å². The van der Waals surface area contributed by atoms with Crippen molar-refractivity contribution in [2.24, 2.45) is 5.73 Å². The fourth-order valence-corrected chi connectivity index (χ4v) is 2.93. The second-order valence-corrected chi connectivity index (χ2v) is 6.72. The Morgan fingerprint density at radius 3 is 2.24 bits per heavy atom. The molecule has 1 unspecified atom stereocenters. The van der Waals surface area contributed by atoms with Gasteiger partial charge in [0, 0.05) is 11.4 Å². The standard InChI is InChI=1S/C14H23N3O3S/c1-3-5-13(15)14(18)16-11-6-8-12(9-7-11)17-21(19,20)10-4-2/h6-9,13,17H,3-5,10,15H2,1-2H3,(H,16,18). The van der Waals surface area contributed by atoms with Gasteiger partial charge in [0.1, 0.15) is 0 Å². The number of carbonyl (C=O) groups is 1. The summed E-state index contributed by atoms with van der Waals surface area (Å²) in [5.41, 5.74) is 6.78. The third-order valence-electron chi connectivity index (χ3n) is 2.84. The van der Waals surface area contributed by atoms with Gasteiger partial charge in [0.05, 0.1) is 11.8 Å². The lowest BCUT2D eigenvalue weighted by molar-refractivity contribution is -0.117. The van der Waals surface area contributed by atoms with Crippen LogP contribution in [0.25, 0.3) is 0 Å². The molecular formula is C14H23N3O3S. The predicted molar refractivity (Wildman–Crippen MR) is 85.7 cm³/mol. The summed E-state index contributed by atoms with van der Waals surface area (Å²) in [7, 11) is -3.30. The molecule has 0 radical (unpaired) electrons. The first-order valence-corrected chi connectivity index (χ1v) is 8.70. The Hall–Kier alpha value is -1.60. The first-order chi connectivity index (χ1) is 9.88. The van der Waals surface area contributed by atoms with E-state index in [1.807, 2.05) is 6.92 Å². The summed E-state index contributed by atoms with van der Waals surface area (Å²) < 4.78 is 25.7. The number of benzene rings is 1. The van der Waals surface area contributed by atoms with Crippen molar-refractivity contribution in [2.75, 3.05) is 15.8 Å². The van der Waals surface area contributed by atoms with Crippen LogP contribution in [0.4, 0.5) is 11.4 Å². The molecule has 0 bridgehead atoms. The molecule has 7 heteroatoms. The van der Waals surface area contributed by atoms with Crippen molar-refractivity contribution in [3.8, 4) is 0 Å². The van der Waals surface area contributed by atoms with Crippen LogP contribution in [0.2, 0.25) is 0 Å². The van der Waals surface area contributed by atoms with Crippen molar-refractivity contribution in [1.82, 2.24) is 0 Å². The molecule has 0 aliphatic heterocycles. The number of anilines is 2. The third kappa shape index (κ3) is 6.14. The molecule has 1 rings (SSSR count). The van der Waals surface area contributed by atoms with Crippen LogP contribution < -0.4 is 15.8 Å². The van der Waals surface area contributed by atoms with E-state index in [9.17, 15) is 13.2 Å². The number of nitrogens with two attached hydrogens (primary N) is 1. The number of nitrogens with one attached hydrogen (secondary N) is 2. The van der Waals surface area contributed by atoms with E-state index in [2.05, 4.69) is 10.0 Å². The Morgan fingerprint density at radius 2 is 1.71 bits per heavy atom. The smallest absolute Gasteiger partial charge is 0.241 e. The number of hydrogen-bond acceptors (Lipinski definition) is 4. The Morgan fingerprint density at radius 1 is 1.14 bits per heavy atom. The molecule has 0 heterocycles. The molecule has 1 aromatic rings. The zero-order valence-electron chi connectivity index (χ0n) is 12.4. The van der Waals surface area contributed by atoms with Gasteiger partial charge in [0.2, 0.25) is 15.9 Å². The summed E-state index contributed by atoms with van der Waals surface area (Å²) in [6.45, 7) is 3.77. The molecule has 0 spiro atoms. The van der Waals surface area contributed by atoms with Gasteiger partial charge in [-0.3, -0.25) is 9.52 Å². The quantitative estimate of drug-likeness (QED) is 0.682. The van der Waals surface area contributed by atoms with Crippen LogP contribution in [-0.4, -0.2) is 26.1 Å². The number of sulfonamides is 1. The van der Waals surface area contributed by atoms with E-state index in [4.69, 9.17) is 5.73 Å². The average Bonchev–Trinajstić information content (AvgIpc) is 2.40. The first kappa shape index (κ1) is 17.5. The van der Waals surface area contributed by atoms with Gasteiger partial charge < -0.3 is 11.1 Å². The van der Waals surface area contributed by atoms with Crippen molar-refractivity contribution in [3.05, 3.63) is 24.3 Å². The summed E-state index contributed by atoms with van der Waals surface area (Å²) in [4.78, 5) is 11.8. The molecule has 21 heavy (non-hydrogen) atoms. The highest BCUT2D eigenvalue weighted by molar-refractivity contribution is 7.92. The Balaban J connectivity index is 2.64. The molecule has 1 amide bonds. The molecular weight excluding hydrogens is 290 g/mol. The van der Waals surface area contributed by atoms with Gasteiger partial charge in [-0.05, 0) is 37.1 Å². The zero-order chi connectivity index (χ0) is 15.9. The molecule has 0 aromatic heterocycles. The van der Waals surface area contributed by atoms with Gasteiger partial charge in [-0.1, -0.05) is 20.3 Å². The van der Waals surface area contributed by atoms with Gasteiger partial charge in [0.15, 0.2) is 0 Å². The maximum Gasteiger partial charge on any atom is 0.241 e. The summed E-state index contributed by atoms with van der Waals surface area (Å²) in [6.07, 6.45) is 2.02. The number of carbonyl (C=O) groups excluding carboxylic acids is 1. The fourth-order valence-electron chi connectivity index (χ4n) is 1.80. The summed E-state index contributed by atoms with van der Waals surface area (Å²) in [5.74, 6) is -0.159. The largest absolute Gasteiger partial charge is 0.325 e. The maximum absolute atomic E-state index is 11.8. The highest BCUT2D eigenvalue weighted by atomic mass is 32.2. The lowest BCUT2D eigenvalue weighted by atomic mass is 10.1. The van der Waals surface area contributed by atoms with Crippen LogP contribution in [0.15, 0.2) is 24.3 Å². The van der Waals surface area contributed by atoms with Crippen molar-refractivity contribution < 1.29 is 13.2 Å². The monoisotopic (exact) mass is 313 g/mol. The van der Waals surface area contributed by atoms with Crippen LogP contribution >= 0.6 is 0 Å². The lowest BCUT2D eigenvalue weighted by Gasteiger charge is -2.12. The Bertz CT molecular complexity index is 555. The van der Waals surface area contributed by atoms with Crippen LogP contribution in [0, 0.1) is 0 Å². The molecule has 0 saturated heterocycles. The van der Waals surface area contributed by atoms with Crippen molar-refractivity contribution >= 4 is 27.3 Å². The third-order valence-corrected chi connectivity index (χ3v) is 4.33. The van der Waals surface area contributed by atoms with Crippen LogP contribution in [0.5, 0.6) is 0 Å². The zero-order valence-corrected chi connectivity index (χ0v) is 13.2. The molecule has 1 aromatic carbocycles. The Kier molecular flexibility index (Phi) is 6.64. The van der Waals surface area contributed by atoms with E-state index >= 15 is 0 Å². The molecule has 6 nitrogen and oxygen atoms in total. The molecule has 0 saturated carbocycles. The minimum Gasteiger partial charge on any atom is -0.325 e. The number of rotatable bonds is 8. The van der Waals surface area contributed by atoms with E-state index < -0.39 is 16.1 Å². The highest BCUT2D eigenvalue weighted by Gasteiger charge is 2.12. The predicted octanol–water partition coefficient (Wildman–Crippen LogP) is 1.90. The second kappa shape index (κ2) is 7.99. The van der Waals surface area contributed by atoms with E-state index in [1.165, 1.54) is 0 Å². The fraction of sp³-hybridized carbons (Fsp3) is 0.500. The van der Waals surface area contributed by atoms with E-state index in [0.29, 0.717) is 24.2 Å². The van der Waals surface area contributed by atoms with Crippen molar-refractivity contribution in [1.29, 1.82) is 0 Å². The minimum atomic E-state index is -3.30. The second-order valence-electron chi connectivity index (χ2n) is 4.88. The minimum absolute atomic E-state index is 0.0807. The molecule has 4 N–H and O–H groups in total. The van der Waals surface area contributed by atoms with Crippen molar-refractivity contribution in [3.63, 3.8) is 0 Å². The molecule has 118 valence electrons. The highest BCUT2D eigenvalue weighted by Crippen LogP contribution is 2.15. The van der Waals surface area contributed by atoms with Gasteiger partial charge in [-0.15, -0.1) is 0 Å². The van der Waals surface area contributed by atoms with Gasteiger partial charge in [-0.2, -0.15) is 0 Å². The number of amides is 1. The Labute approximate surface area is 126 Å². The van der Waals surface area contributed by atoms with Gasteiger partial charge in [-0.25, -0.2) is 8.42 Å². The van der Waals surface area contributed by atoms with Crippen molar-refractivity contribution in [2.45, 2.75) is 39.2 Å². The van der Waals surface area contributed by atoms with E-state index in [0.717, 1.165) is 6.42 Å². The summed E-state index contributed by atoms with van der Waals surface area (Å²) in [5, 5.41) is 2.70. The topological polar surface area (TPSA) is 101 Å². The van der Waals surface area contributed by atoms with E-state index in [-0.39, 0.29) is 11.7 Å². The normalized spacial score (nSPS) is 12.7.